The van der Waals surface area contributed by atoms with Crippen molar-refractivity contribution in [3.63, 3.8) is 0 Å². The van der Waals surface area contributed by atoms with Crippen LogP contribution < -0.4 is 19.9 Å². The number of hydrogen-bond acceptors (Lipinski definition) is 5. The first-order valence-corrected chi connectivity index (χ1v) is 15.4. The topological polar surface area (TPSA) is 82.2 Å². The van der Waals surface area contributed by atoms with Crippen molar-refractivity contribution in [2.24, 2.45) is 0 Å². The maximum atomic E-state index is 13.2. The quantitative estimate of drug-likeness (QED) is 0.310. The standard InChI is InChI=1S/C35H42N4O4/c1-37(2)29-15-10-27(11-16-29)34(41)36-22-6-3-7-25-43-31-17-12-28(13-18-31)35(42)38-23-20-30(21-24-38)39-32-9-5-4-8-26(32)14-19-33(39)40/h4-5,8-13,15-18,30H,3,6-7,14,19-25H2,1-2H3,(H,36,41). The lowest BCUT2D eigenvalue weighted by molar-refractivity contribution is -0.119. The third-order valence-corrected chi connectivity index (χ3v) is 8.37. The predicted octanol–water partition coefficient (Wildman–Crippen LogP) is 5.32. The fourth-order valence-corrected chi connectivity index (χ4v) is 5.87. The zero-order valence-electron chi connectivity index (χ0n) is 25.3. The molecule has 0 aromatic heterocycles. The highest BCUT2D eigenvalue weighted by atomic mass is 16.5. The van der Waals surface area contributed by atoms with Crippen molar-refractivity contribution in [3.05, 3.63) is 89.5 Å². The maximum absolute atomic E-state index is 13.2. The van der Waals surface area contributed by atoms with Gasteiger partial charge in [-0.2, -0.15) is 0 Å². The van der Waals surface area contributed by atoms with Crippen LogP contribution in [0.2, 0.25) is 0 Å². The van der Waals surface area contributed by atoms with E-state index in [9.17, 15) is 14.4 Å². The molecule has 1 fully saturated rings. The Hall–Kier alpha value is -4.33. The van der Waals surface area contributed by atoms with E-state index in [1.165, 1.54) is 5.56 Å². The molecule has 0 saturated carbocycles. The summed E-state index contributed by atoms with van der Waals surface area (Å²) in [6, 6.07) is 23.2. The summed E-state index contributed by atoms with van der Waals surface area (Å²) in [5.74, 6) is 0.898. The second-order valence-electron chi connectivity index (χ2n) is 11.5. The maximum Gasteiger partial charge on any atom is 0.253 e. The van der Waals surface area contributed by atoms with Crippen LogP contribution in [0.4, 0.5) is 11.4 Å². The number of amides is 3. The van der Waals surface area contributed by atoms with E-state index in [2.05, 4.69) is 11.4 Å². The molecule has 3 aromatic carbocycles. The third-order valence-electron chi connectivity index (χ3n) is 8.37. The molecule has 8 heteroatoms. The molecule has 0 bridgehead atoms. The van der Waals surface area contributed by atoms with Crippen LogP contribution in [-0.2, 0) is 11.2 Å². The summed E-state index contributed by atoms with van der Waals surface area (Å²) in [6.45, 7) is 2.48. The fourth-order valence-electron chi connectivity index (χ4n) is 5.87. The SMILES string of the molecule is CN(C)c1ccc(C(=O)NCCCCCOc2ccc(C(=O)N3CCC(N4C(=O)CCc5ccccc54)CC3)cc2)cc1. The highest BCUT2D eigenvalue weighted by Gasteiger charge is 2.33. The predicted molar refractivity (Wildman–Crippen MR) is 170 cm³/mol. The van der Waals surface area contributed by atoms with Crippen molar-refractivity contribution in [1.29, 1.82) is 0 Å². The summed E-state index contributed by atoms with van der Waals surface area (Å²) in [4.78, 5) is 44.1. The summed E-state index contributed by atoms with van der Waals surface area (Å²) < 4.78 is 5.88. The molecule has 8 nitrogen and oxygen atoms in total. The molecule has 2 aliphatic rings. The van der Waals surface area contributed by atoms with Gasteiger partial charge in [-0.05, 0) is 98.7 Å². The zero-order valence-corrected chi connectivity index (χ0v) is 25.3. The van der Waals surface area contributed by atoms with Crippen LogP contribution in [0.15, 0.2) is 72.8 Å². The second kappa shape index (κ2) is 14.2. The number of anilines is 2. The number of ether oxygens (including phenoxy) is 1. The number of nitrogens with zero attached hydrogens (tertiary/aromatic N) is 3. The molecule has 0 unspecified atom stereocenters. The summed E-state index contributed by atoms with van der Waals surface area (Å²) in [5.41, 5.74) is 4.65. The Morgan fingerprint density at radius 3 is 2.28 bits per heavy atom. The minimum absolute atomic E-state index is 0.0195. The Labute approximate surface area is 254 Å². The normalized spacial score (nSPS) is 15.2. The van der Waals surface area contributed by atoms with Gasteiger partial charge >= 0.3 is 0 Å². The number of nitrogens with one attached hydrogen (secondary N) is 1. The van der Waals surface area contributed by atoms with E-state index in [-0.39, 0.29) is 23.8 Å². The molecule has 1 saturated heterocycles. The Bertz CT molecular complexity index is 1400. The van der Waals surface area contributed by atoms with Crippen LogP contribution in [0.1, 0.15) is 64.8 Å². The number of aryl methyl sites for hydroxylation is 1. The average molecular weight is 583 g/mol. The number of fused-ring (bicyclic) bond motifs is 1. The van der Waals surface area contributed by atoms with Gasteiger partial charge in [-0.25, -0.2) is 0 Å². The molecule has 0 radical (unpaired) electrons. The number of hydrogen-bond donors (Lipinski definition) is 1. The third kappa shape index (κ3) is 7.55. The number of rotatable bonds is 11. The smallest absolute Gasteiger partial charge is 0.253 e. The van der Waals surface area contributed by atoms with E-state index in [0.29, 0.717) is 43.8 Å². The highest BCUT2D eigenvalue weighted by Crippen LogP contribution is 2.32. The van der Waals surface area contributed by atoms with Crippen molar-refractivity contribution >= 4 is 29.1 Å². The van der Waals surface area contributed by atoms with Crippen molar-refractivity contribution in [3.8, 4) is 5.75 Å². The van der Waals surface area contributed by atoms with E-state index in [0.717, 1.165) is 55.6 Å². The molecule has 5 rings (SSSR count). The number of likely N-dealkylation sites (tertiary alicyclic amines) is 1. The minimum atomic E-state index is -0.0524. The zero-order chi connectivity index (χ0) is 30.2. The molecule has 3 aromatic rings. The summed E-state index contributed by atoms with van der Waals surface area (Å²) >= 11 is 0. The largest absolute Gasteiger partial charge is 0.494 e. The number of piperidine rings is 1. The Kier molecular flexibility index (Phi) is 9.97. The van der Waals surface area contributed by atoms with Gasteiger partial charge in [0, 0.05) is 68.7 Å². The van der Waals surface area contributed by atoms with Gasteiger partial charge in [0.15, 0.2) is 0 Å². The Morgan fingerprint density at radius 1 is 0.860 bits per heavy atom. The van der Waals surface area contributed by atoms with E-state index in [4.69, 9.17) is 4.74 Å². The summed E-state index contributed by atoms with van der Waals surface area (Å²) in [7, 11) is 3.95. The van der Waals surface area contributed by atoms with Gasteiger partial charge in [-0.15, -0.1) is 0 Å². The number of carbonyl (C=O) groups is 3. The van der Waals surface area contributed by atoms with Crippen LogP contribution in [0.3, 0.4) is 0 Å². The van der Waals surface area contributed by atoms with Crippen molar-refractivity contribution in [2.45, 2.75) is 51.0 Å². The molecule has 2 heterocycles. The number of benzene rings is 3. The highest BCUT2D eigenvalue weighted by molar-refractivity contribution is 5.97. The lowest BCUT2D eigenvalue weighted by Gasteiger charge is -2.41. The van der Waals surface area contributed by atoms with Crippen LogP contribution in [-0.4, -0.2) is 69.0 Å². The van der Waals surface area contributed by atoms with E-state index < -0.39 is 0 Å². The first-order chi connectivity index (χ1) is 20.9. The Balaban J connectivity index is 0.991. The number of unbranched alkanes of at least 4 members (excludes halogenated alkanes) is 2. The van der Waals surface area contributed by atoms with Crippen LogP contribution in [0.5, 0.6) is 5.75 Å². The lowest BCUT2D eigenvalue weighted by atomic mass is 9.95. The molecule has 0 spiro atoms. The molecule has 0 atom stereocenters. The number of para-hydroxylation sites is 1. The molecule has 3 amide bonds. The van der Waals surface area contributed by atoms with Crippen molar-refractivity contribution < 1.29 is 19.1 Å². The van der Waals surface area contributed by atoms with E-state index in [1.54, 1.807) is 0 Å². The van der Waals surface area contributed by atoms with Crippen LogP contribution in [0.25, 0.3) is 0 Å². The molecular weight excluding hydrogens is 540 g/mol. The van der Waals surface area contributed by atoms with Crippen LogP contribution in [0, 0.1) is 0 Å². The molecular formula is C35H42N4O4. The lowest BCUT2D eigenvalue weighted by Crippen LogP contribution is -2.50. The van der Waals surface area contributed by atoms with Gasteiger partial charge in [0.25, 0.3) is 11.8 Å². The monoisotopic (exact) mass is 582 g/mol. The molecule has 226 valence electrons. The molecule has 2 aliphatic heterocycles. The van der Waals surface area contributed by atoms with Gasteiger partial charge in [-0.3, -0.25) is 14.4 Å². The van der Waals surface area contributed by atoms with Gasteiger partial charge in [-0.1, -0.05) is 18.2 Å². The molecule has 1 N–H and O–H groups in total. The van der Waals surface area contributed by atoms with Gasteiger partial charge in [0.2, 0.25) is 5.91 Å². The summed E-state index contributed by atoms with van der Waals surface area (Å²) in [6.07, 6.45) is 5.62. The Morgan fingerprint density at radius 2 is 1.56 bits per heavy atom. The molecule has 0 aliphatic carbocycles. The van der Waals surface area contributed by atoms with E-state index in [1.807, 2.05) is 95.5 Å². The second-order valence-corrected chi connectivity index (χ2v) is 11.5. The van der Waals surface area contributed by atoms with E-state index >= 15 is 0 Å². The number of carbonyl (C=O) groups excluding carboxylic acids is 3. The fraction of sp³-hybridized carbons (Fsp3) is 0.400. The van der Waals surface area contributed by atoms with Gasteiger partial charge < -0.3 is 24.8 Å². The molecule has 43 heavy (non-hydrogen) atoms. The summed E-state index contributed by atoms with van der Waals surface area (Å²) in [5, 5.41) is 2.98. The average Bonchev–Trinajstić information content (AvgIpc) is 3.04. The van der Waals surface area contributed by atoms with Gasteiger partial charge in [0.05, 0.1) is 6.61 Å². The first kappa shape index (κ1) is 30.1. The van der Waals surface area contributed by atoms with Gasteiger partial charge in [0.1, 0.15) is 5.75 Å². The van der Waals surface area contributed by atoms with Crippen molar-refractivity contribution in [2.75, 3.05) is 50.1 Å². The van der Waals surface area contributed by atoms with Crippen LogP contribution >= 0.6 is 0 Å². The minimum Gasteiger partial charge on any atom is -0.494 e. The van der Waals surface area contributed by atoms with Crippen molar-refractivity contribution in [1.82, 2.24) is 10.2 Å². The first-order valence-electron chi connectivity index (χ1n) is 15.4.